The van der Waals surface area contributed by atoms with Crippen LogP contribution in [0.3, 0.4) is 0 Å². The van der Waals surface area contributed by atoms with Crippen molar-refractivity contribution in [3.63, 3.8) is 0 Å². The van der Waals surface area contributed by atoms with Crippen LogP contribution in [-0.4, -0.2) is 36.6 Å². The number of thiazole rings is 1. The largest absolute Gasteiger partial charge is 0.484 e. The van der Waals surface area contributed by atoms with Gasteiger partial charge in [-0.3, -0.25) is 14.9 Å². The molecule has 2 heterocycles. The second-order valence-corrected chi connectivity index (χ2v) is 8.46. The molecule has 0 saturated heterocycles. The van der Waals surface area contributed by atoms with Crippen LogP contribution in [0.1, 0.15) is 11.8 Å². The number of anilines is 2. The van der Waals surface area contributed by atoms with Crippen molar-refractivity contribution in [3.8, 4) is 22.8 Å². The lowest BCUT2D eigenvalue weighted by Gasteiger charge is -2.28. The van der Waals surface area contributed by atoms with Crippen molar-refractivity contribution in [2.75, 3.05) is 30.0 Å². The average Bonchev–Trinajstić information content (AvgIpc) is 3.12. The first-order chi connectivity index (χ1) is 14.9. The van der Waals surface area contributed by atoms with Crippen molar-refractivity contribution in [2.45, 2.75) is 13.8 Å². The van der Waals surface area contributed by atoms with Crippen LogP contribution < -0.4 is 19.7 Å². The van der Waals surface area contributed by atoms with Crippen molar-refractivity contribution in [3.05, 3.63) is 52.4 Å². The molecule has 31 heavy (non-hydrogen) atoms. The number of likely N-dealkylation sites (N-methyl/N-ethyl adjacent to an activating group) is 1. The van der Waals surface area contributed by atoms with Gasteiger partial charge in [0.1, 0.15) is 11.5 Å². The molecule has 1 aliphatic rings. The van der Waals surface area contributed by atoms with Crippen LogP contribution in [-0.2, 0) is 9.59 Å². The minimum Gasteiger partial charge on any atom is -0.484 e. The number of hydrogen-bond donors (Lipinski definition) is 1. The summed E-state index contributed by atoms with van der Waals surface area (Å²) in [6.45, 7) is 4.33. The number of hydrogen-bond acceptors (Lipinski definition) is 6. The monoisotopic (exact) mass is 457 g/mol. The van der Waals surface area contributed by atoms with Gasteiger partial charge in [0.25, 0.3) is 11.8 Å². The number of nitrogens with one attached hydrogen (secondary N) is 1. The molecule has 0 bridgehead atoms. The average molecular weight is 458 g/mol. The number of nitrogens with zero attached hydrogens (tertiary/aromatic N) is 2. The first kappa shape index (κ1) is 21.1. The van der Waals surface area contributed by atoms with Crippen LogP contribution in [0.15, 0.2) is 42.5 Å². The lowest BCUT2D eigenvalue weighted by molar-refractivity contribution is -0.121. The third kappa shape index (κ3) is 4.65. The van der Waals surface area contributed by atoms with Crippen molar-refractivity contribution < 1.29 is 19.1 Å². The molecular formula is C22H20ClN3O4S. The van der Waals surface area contributed by atoms with E-state index < -0.39 is 0 Å². The standard InChI is InChI=1S/C22H20ClN3O4S/c1-3-26-17-10-14(4-9-18(17)30-12-20(26)28)21-13(2)31-22(25-21)24-19(27)11-29-16-7-5-15(23)6-8-16/h4-10H,3,11-12H2,1-2H3,(H,24,25,27). The van der Waals surface area contributed by atoms with E-state index in [4.69, 9.17) is 21.1 Å². The SMILES string of the molecule is CCN1C(=O)COc2ccc(-c3nc(NC(=O)COc4ccc(Cl)cc4)sc3C)cc21. The van der Waals surface area contributed by atoms with Crippen molar-refractivity contribution in [2.24, 2.45) is 0 Å². The summed E-state index contributed by atoms with van der Waals surface area (Å²) in [5.74, 6) is 0.848. The van der Waals surface area contributed by atoms with E-state index >= 15 is 0 Å². The third-order valence-electron chi connectivity index (χ3n) is 4.72. The van der Waals surface area contributed by atoms with E-state index in [2.05, 4.69) is 10.3 Å². The predicted molar refractivity (Wildman–Crippen MR) is 121 cm³/mol. The molecule has 0 radical (unpaired) electrons. The predicted octanol–water partition coefficient (Wildman–Crippen LogP) is 4.53. The number of amides is 2. The Balaban J connectivity index is 1.47. The van der Waals surface area contributed by atoms with Gasteiger partial charge in [-0.1, -0.05) is 11.6 Å². The molecule has 0 atom stereocenters. The van der Waals surface area contributed by atoms with E-state index in [9.17, 15) is 9.59 Å². The second kappa shape index (κ2) is 8.95. The summed E-state index contributed by atoms with van der Waals surface area (Å²) in [7, 11) is 0. The van der Waals surface area contributed by atoms with Gasteiger partial charge in [-0.25, -0.2) is 4.98 Å². The lowest BCUT2D eigenvalue weighted by atomic mass is 10.1. The van der Waals surface area contributed by atoms with Gasteiger partial charge >= 0.3 is 0 Å². The van der Waals surface area contributed by atoms with E-state index in [1.165, 1.54) is 11.3 Å². The second-order valence-electron chi connectivity index (χ2n) is 6.82. The van der Waals surface area contributed by atoms with Crippen LogP contribution in [0.5, 0.6) is 11.5 Å². The summed E-state index contributed by atoms with van der Waals surface area (Å²) in [4.78, 5) is 31.6. The van der Waals surface area contributed by atoms with Crippen molar-refractivity contribution in [1.29, 1.82) is 0 Å². The first-order valence-electron chi connectivity index (χ1n) is 9.68. The molecule has 4 rings (SSSR count). The summed E-state index contributed by atoms with van der Waals surface area (Å²) >= 11 is 7.22. The number of fused-ring (bicyclic) bond motifs is 1. The quantitative estimate of drug-likeness (QED) is 0.588. The molecule has 7 nitrogen and oxygen atoms in total. The molecule has 9 heteroatoms. The summed E-state index contributed by atoms with van der Waals surface area (Å²) in [6, 6.07) is 12.4. The normalized spacial score (nSPS) is 12.9. The Labute approximate surface area is 188 Å². The lowest BCUT2D eigenvalue weighted by Crippen LogP contribution is -2.38. The molecule has 2 amide bonds. The van der Waals surface area contributed by atoms with Gasteiger partial charge in [-0.2, -0.15) is 0 Å². The van der Waals surface area contributed by atoms with E-state index in [0.717, 1.165) is 21.8 Å². The zero-order valence-electron chi connectivity index (χ0n) is 17.0. The maximum absolute atomic E-state index is 12.3. The summed E-state index contributed by atoms with van der Waals surface area (Å²) in [6.07, 6.45) is 0. The molecule has 0 fully saturated rings. The summed E-state index contributed by atoms with van der Waals surface area (Å²) < 4.78 is 11.0. The fourth-order valence-corrected chi connectivity index (χ4v) is 4.23. The number of rotatable bonds is 6. The number of aromatic nitrogens is 1. The Morgan fingerprint density at radius 1 is 1.29 bits per heavy atom. The minimum absolute atomic E-state index is 0.0458. The highest BCUT2D eigenvalue weighted by Crippen LogP contribution is 2.38. The Kier molecular flexibility index (Phi) is 6.11. The highest BCUT2D eigenvalue weighted by Gasteiger charge is 2.25. The topological polar surface area (TPSA) is 80.8 Å². The fraction of sp³-hybridized carbons (Fsp3) is 0.227. The zero-order chi connectivity index (χ0) is 22.0. The number of carbonyl (C=O) groups is 2. The number of halogens is 1. The Morgan fingerprint density at radius 3 is 2.81 bits per heavy atom. The molecule has 0 saturated carbocycles. The maximum atomic E-state index is 12.3. The smallest absolute Gasteiger partial charge is 0.265 e. The zero-order valence-corrected chi connectivity index (χ0v) is 18.5. The minimum atomic E-state index is -0.308. The van der Waals surface area contributed by atoms with Gasteiger partial charge in [0.05, 0.1) is 11.4 Å². The molecule has 0 aliphatic carbocycles. The van der Waals surface area contributed by atoms with Crippen LogP contribution >= 0.6 is 22.9 Å². The molecule has 160 valence electrons. The van der Waals surface area contributed by atoms with Crippen LogP contribution in [0.25, 0.3) is 11.3 Å². The van der Waals surface area contributed by atoms with Gasteiger partial charge < -0.3 is 14.4 Å². The Hall–Kier alpha value is -3.10. The van der Waals surface area contributed by atoms with Gasteiger partial charge in [0.15, 0.2) is 18.3 Å². The van der Waals surface area contributed by atoms with Crippen molar-refractivity contribution >= 4 is 45.6 Å². The number of ether oxygens (including phenoxy) is 2. The molecule has 2 aromatic carbocycles. The van der Waals surface area contributed by atoms with Gasteiger partial charge in [-0.05, 0) is 56.3 Å². The Bertz CT molecular complexity index is 1130. The maximum Gasteiger partial charge on any atom is 0.265 e. The van der Waals surface area contributed by atoms with E-state index in [1.54, 1.807) is 29.2 Å². The van der Waals surface area contributed by atoms with Crippen molar-refractivity contribution in [1.82, 2.24) is 4.98 Å². The van der Waals surface area contributed by atoms with Crippen LogP contribution in [0.2, 0.25) is 5.02 Å². The molecule has 0 unspecified atom stereocenters. The molecule has 1 aromatic heterocycles. The van der Waals surface area contributed by atoms with E-state index in [1.807, 2.05) is 32.0 Å². The number of aryl methyl sites for hydroxylation is 1. The fourth-order valence-electron chi connectivity index (χ4n) is 3.25. The summed E-state index contributed by atoms with van der Waals surface area (Å²) in [5.41, 5.74) is 2.32. The highest BCUT2D eigenvalue weighted by atomic mass is 35.5. The molecule has 0 spiro atoms. The molecular weight excluding hydrogens is 438 g/mol. The Morgan fingerprint density at radius 2 is 2.06 bits per heavy atom. The van der Waals surface area contributed by atoms with Crippen LogP contribution in [0, 0.1) is 6.92 Å². The molecule has 3 aromatic rings. The molecule has 1 N–H and O–H groups in total. The number of benzene rings is 2. The highest BCUT2D eigenvalue weighted by molar-refractivity contribution is 7.16. The van der Waals surface area contributed by atoms with Crippen LogP contribution in [0.4, 0.5) is 10.8 Å². The van der Waals surface area contributed by atoms with E-state index in [0.29, 0.717) is 28.2 Å². The summed E-state index contributed by atoms with van der Waals surface area (Å²) in [5, 5.41) is 3.85. The third-order valence-corrected chi connectivity index (χ3v) is 5.86. The van der Waals surface area contributed by atoms with E-state index in [-0.39, 0.29) is 25.0 Å². The van der Waals surface area contributed by atoms with Gasteiger partial charge in [0, 0.05) is 22.0 Å². The first-order valence-corrected chi connectivity index (χ1v) is 10.9. The van der Waals surface area contributed by atoms with Gasteiger partial charge in [-0.15, -0.1) is 11.3 Å². The van der Waals surface area contributed by atoms with Gasteiger partial charge in [0.2, 0.25) is 0 Å². The number of carbonyl (C=O) groups excluding carboxylic acids is 2. The molecule has 1 aliphatic heterocycles.